The molecule has 4 rings (SSSR count). The van der Waals surface area contributed by atoms with Crippen LogP contribution in [-0.4, -0.2) is 78.6 Å². The molecule has 0 bridgehead atoms. The van der Waals surface area contributed by atoms with E-state index < -0.39 is 0 Å². The fraction of sp³-hybridized carbons (Fsp3) is 0.682. The molecule has 0 N–H and O–H groups in total. The molecule has 1 aromatic carbocycles. The number of nitrogens with zero attached hydrogens (tertiary/aromatic N) is 3. The zero-order valence-electron chi connectivity index (χ0n) is 16.6. The number of likely N-dealkylation sites (tertiary alicyclic amines) is 2. The SMILES string of the molecule is CN1C(=O)CCC12CCN(CC1CN(Cc3ccccc3)CCCO1)CC2. The highest BCUT2D eigenvalue weighted by Gasteiger charge is 2.44. The van der Waals surface area contributed by atoms with Crippen molar-refractivity contribution in [1.82, 2.24) is 14.7 Å². The minimum absolute atomic E-state index is 0.136. The summed E-state index contributed by atoms with van der Waals surface area (Å²) in [5.74, 6) is 0.326. The fourth-order valence-electron chi connectivity index (χ4n) is 5.03. The lowest BCUT2D eigenvalue weighted by molar-refractivity contribution is -0.130. The number of carbonyl (C=O) groups is 1. The zero-order chi connectivity index (χ0) is 18.7. The van der Waals surface area contributed by atoms with Crippen LogP contribution < -0.4 is 0 Å². The average Bonchev–Trinajstić information content (AvgIpc) is 2.85. The van der Waals surface area contributed by atoms with Gasteiger partial charge in [-0.25, -0.2) is 0 Å². The van der Waals surface area contributed by atoms with Gasteiger partial charge in [-0.2, -0.15) is 0 Å². The van der Waals surface area contributed by atoms with E-state index in [0.29, 0.717) is 5.91 Å². The molecule has 148 valence electrons. The van der Waals surface area contributed by atoms with Crippen LogP contribution in [0.25, 0.3) is 0 Å². The first kappa shape index (κ1) is 18.9. The Labute approximate surface area is 163 Å². The fourth-order valence-corrected chi connectivity index (χ4v) is 5.03. The molecular weight excluding hydrogens is 338 g/mol. The van der Waals surface area contributed by atoms with Gasteiger partial charge in [0, 0.05) is 64.9 Å². The summed E-state index contributed by atoms with van der Waals surface area (Å²) in [5, 5.41) is 0. The average molecular weight is 372 g/mol. The molecule has 0 saturated carbocycles. The van der Waals surface area contributed by atoms with Crippen molar-refractivity contribution in [2.24, 2.45) is 0 Å². The summed E-state index contributed by atoms with van der Waals surface area (Å²) in [6.07, 6.45) is 5.38. The van der Waals surface area contributed by atoms with Crippen LogP contribution in [0.1, 0.15) is 37.7 Å². The van der Waals surface area contributed by atoms with Crippen LogP contribution in [0.4, 0.5) is 0 Å². The summed E-state index contributed by atoms with van der Waals surface area (Å²) in [4.78, 5) is 19.1. The van der Waals surface area contributed by atoms with Crippen molar-refractivity contribution >= 4 is 5.91 Å². The van der Waals surface area contributed by atoms with Gasteiger partial charge >= 0.3 is 0 Å². The monoisotopic (exact) mass is 371 g/mol. The van der Waals surface area contributed by atoms with Gasteiger partial charge in [0.25, 0.3) is 0 Å². The predicted molar refractivity (Wildman–Crippen MR) is 106 cm³/mol. The molecule has 3 aliphatic heterocycles. The van der Waals surface area contributed by atoms with Gasteiger partial charge in [-0.15, -0.1) is 0 Å². The normalized spacial score (nSPS) is 27.2. The summed E-state index contributed by atoms with van der Waals surface area (Å²) < 4.78 is 6.18. The number of hydrogen-bond donors (Lipinski definition) is 0. The topological polar surface area (TPSA) is 36.0 Å². The third-order valence-electron chi connectivity index (χ3n) is 6.82. The molecule has 3 aliphatic rings. The highest BCUT2D eigenvalue weighted by molar-refractivity contribution is 5.79. The van der Waals surface area contributed by atoms with Crippen molar-refractivity contribution in [3.05, 3.63) is 35.9 Å². The molecule has 0 aliphatic carbocycles. The highest BCUT2D eigenvalue weighted by Crippen LogP contribution is 2.37. The third kappa shape index (κ3) is 4.36. The molecule has 27 heavy (non-hydrogen) atoms. The molecule has 1 unspecified atom stereocenters. The van der Waals surface area contributed by atoms with Gasteiger partial charge in [-0.1, -0.05) is 30.3 Å². The number of amides is 1. The maximum absolute atomic E-state index is 12.0. The number of rotatable bonds is 4. The van der Waals surface area contributed by atoms with Crippen LogP contribution in [0.2, 0.25) is 0 Å². The van der Waals surface area contributed by atoms with Crippen molar-refractivity contribution < 1.29 is 9.53 Å². The van der Waals surface area contributed by atoms with E-state index in [9.17, 15) is 4.79 Å². The molecule has 5 nitrogen and oxygen atoms in total. The standard InChI is InChI=1S/C22H33N3O2/c1-23-21(26)8-9-22(23)10-13-24(14-11-22)17-20-18-25(12-5-15-27-20)16-19-6-3-2-4-7-19/h2-4,6-7,20H,5,8-18H2,1H3. The number of carbonyl (C=O) groups excluding carboxylic acids is 1. The first-order valence-electron chi connectivity index (χ1n) is 10.5. The van der Waals surface area contributed by atoms with Crippen LogP contribution in [0.3, 0.4) is 0 Å². The van der Waals surface area contributed by atoms with Gasteiger partial charge in [0.2, 0.25) is 5.91 Å². The number of ether oxygens (including phenoxy) is 1. The molecule has 1 aromatic rings. The van der Waals surface area contributed by atoms with E-state index in [4.69, 9.17) is 4.74 Å². The Morgan fingerprint density at radius 2 is 1.85 bits per heavy atom. The lowest BCUT2D eigenvalue weighted by Gasteiger charge is -2.44. The smallest absolute Gasteiger partial charge is 0.222 e. The van der Waals surface area contributed by atoms with Crippen molar-refractivity contribution in [3.63, 3.8) is 0 Å². The van der Waals surface area contributed by atoms with Crippen LogP contribution in [0, 0.1) is 0 Å². The Bertz CT molecular complexity index is 628. The van der Waals surface area contributed by atoms with E-state index in [2.05, 4.69) is 40.1 Å². The van der Waals surface area contributed by atoms with Gasteiger partial charge in [0.1, 0.15) is 0 Å². The van der Waals surface area contributed by atoms with Crippen molar-refractivity contribution in [2.45, 2.75) is 50.3 Å². The van der Waals surface area contributed by atoms with Crippen molar-refractivity contribution in [1.29, 1.82) is 0 Å². The second-order valence-corrected chi connectivity index (χ2v) is 8.54. The summed E-state index contributed by atoms with van der Waals surface area (Å²) >= 11 is 0. The molecule has 1 amide bonds. The molecular formula is C22H33N3O2. The van der Waals surface area contributed by atoms with E-state index in [0.717, 1.165) is 78.0 Å². The van der Waals surface area contributed by atoms with Gasteiger partial charge in [0.15, 0.2) is 0 Å². The van der Waals surface area contributed by atoms with E-state index in [1.54, 1.807) is 0 Å². The van der Waals surface area contributed by atoms with E-state index in [1.807, 2.05) is 11.9 Å². The minimum atomic E-state index is 0.136. The maximum atomic E-state index is 12.0. The summed E-state index contributed by atoms with van der Waals surface area (Å²) in [5.41, 5.74) is 1.52. The molecule has 3 saturated heterocycles. The predicted octanol–water partition coefficient (Wildman–Crippen LogP) is 2.36. The molecule has 3 fully saturated rings. The summed E-state index contributed by atoms with van der Waals surface area (Å²) in [7, 11) is 2.00. The number of piperidine rings is 1. The molecule has 0 aromatic heterocycles. The van der Waals surface area contributed by atoms with Crippen LogP contribution in [0.15, 0.2) is 30.3 Å². The largest absolute Gasteiger partial charge is 0.376 e. The highest BCUT2D eigenvalue weighted by atomic mass is 16.5. The van der Waals surface area contributed by atoms with Crippen molar-refractivity contribution in [2.75, 3.05) is 46.4 Å². The minimum Gasteiger partial charge on any atom is -0.376 e. The molecule has 5 heteroatoms. The first-order valence-corrected chi connectivity index (χ1v) is 10.5. The van der Waals surface area contributed by atoms with Gasteiger partial charge in [-0.3, -0.25) is 9.69 Å². The Hall–Kier alpha value is -1.43. The molecule has 3 heterocycles. The Balaban J connectivity index is 1.29. The second kappa shape index (κ2) is 8.29. The molecule has 1 atom stereocenters. The van der Waals surface area contributed by atoms with Crippen LogP contribution in [0.5, 0.6) is 0 Å². The number of hydrogen-bond acceptors (Lipinski definition) is 4. The third-order valence-corrected chi connectivity index (χ3v) is 6.82. The van der Waals surface area contributed by atoms with E-state index in [-0.39, 0.29) is 11.6 Å². The Kier molecular flexibility index (Phi) is 5.81. The second-order valence-electron chi connectivity index (χ2n) is 8.54. The lowest BCUT2D eigenvalue weighted by atomic mass is 9.85. The van der Waals surface area contributed by atoms with Gasteiger partial charge < -0.3 is 14.5 Å². The summed E-state index contributed by atoms with van der Waals surface area (Å²) in [6, 6.07) is 10.7. The Morgan fingerprint density at radius 3 is 2.56 bits per heavy atom. The van der Waals surface area contributed by atoms with Gasteiger partial charge in [0.05, 0.1) is 6.10 Å². The molecule has 0 radical (unpaired) electrons. The first-order chi connectivity index (χ1) is 13.1. The van der Waals surface area contributed by atoms with E-state index in [1.165, 1.54) is 5.56 Å². The number of benzene rings is 1. The van der Waals surface area contributed by atoms with Crippen LogP contribution >= 0.6 is 0 Å². The van der Waals surface area contributed by atoms with Crippen molar-refractivity contribution in [3.8, 4) is 0 Å². The summed E-state index contributed by atoms with van der Waals surface area (Å²) in [6.45, 7) is 7.17. The lowest BCUT2D eigenvalue weighted by Crippen LogP contribution is -2.53. The van der Waals surface area contributed by atoms with Crippen LogP contribution in [-0.2, 0) is 16.1 Å². The Morgan fingerprint density at radius 1 is 1.07 bits per heavy atom. The molecule has 1 spiro atoms. The zero-order valence-corrected chi connectivity index (χ0v) is 16.6. The van der Waals surface area contributed by atoms with E-state index >= 15 is 0 Å². The van der Waals surface area contributed by atoms with Gasteiger partial charge in [-0.05, 0) is 31.2 Å². The quantitative estimate of drug-likeness (QED) is 0.814. The maximum Gasteiger partial charge on any atom is 0.222 e.